The van der Waals surface area contributed by atoms with Gasteiger partial charge in [0.2, 0.25) is 0 Å². The molecule has 0 rings (SSSR count). The molecule has 0 aliphatic rings. The second kappa shape index (κ2) is 75.5. The molecule has 2 amide bonds. The topological polar surface area (TPSA) is 325 Å². The van der Waals surface area contributed by atoms with Crippen molar-refractivity contribution >= 4 is 11.8 Å². The molecule has 598 valence electrons. The van der Waals surface area contributed by atoms with Crippen molar-refractivity contribution < 1.29 is 93.8 Å². The Kier molecular flexibility index (Phi) is 74.2. The molecule has 0 spiro atoms. The van der Waals surface area contributed by atoms with Gasteiger partial charge in [0.1, 0.15) is 54.9 Å². The van der Waals surface area contributed by atoms with Crippen LogP contribution in [0.4, 0.5) is 0 Å². The number of rotatable bonds is 82. The molecular formula is C79H158N2O19. The summed E-state index contributed by atoms with van der Waals surface area (Å²) in [5.74, 6) is -2.01. The lowest BCUT2D eigenvalue weighted by Crippen LogP contribution is -2.52. The van der Waals surface area contributed by atoms with Crippen molar-refractivity contribution in [2.45, 2.75) is 396 Å². The van der Waals surface area contributed by atoms with E-state index in [9.17, 15) is 60.7 Å². The van der Waals surface area contributed by atoms with Crippen molar-refractivity contribution in [2.24, 2.45) is 0 Å². The number of carbonyl (C=O) groups is 2. The molecule has 0 fully saturated rings. The molecular weight excluding hydrogens is 1280 g/mol. The van der Waals surface area contributed by atoms with E-state index >= 15 is 0 Å². The minimum atomic E-state index is -2.09. The minimum Gasteiger partial charge on any atom is -0.394 e. The van der Waals surface area contributed by atoms with Crippen LogP contribution in [-0.4, -0.2) is 229 Å². The molecule has 0 radical (unpaired) electrons. The smallest absolute Gasteiger partial charge is 0.251 e. The molecule has 0 heterocycles. The average Bonchev–Trinajstić information content (AvgIpc) is 0.995. The van der Waals surface area contributed by atoms with E-state index in [1.165, 1.54) is 250 Å². The standard InChI is InChI=1S/C79H158N2O19/c1-4-7-10-13-16-19-22-25-28-31-34-37-40-43-46-49-54-94-61-67(98-57-52-80-78(92)76(90)74(88)72(86)70(84)59-82)64-97-65-68(62-95-55-50-47-44-41-38-35-32-29-26-23-20-17-14-11-8-5-2)100-66-69(99-58-53-81-79(93)77(91)75(89)73(87)71(85)60-83)63-96-56-51-48-45-42-39-36-33-30-27-24-21-18-15-12-9-6-3/h67-77,82-91H,4-66H2,1-3H3,(H,80,92)(H,81,93)/t67?,68?,69?,70-,71-,72-,73-,74+,75+,76+,77+/m1/s1. The normalized spacial score (nSPS) is 15.3. The molecule has 0 aromatic heterocycles. The van der Waals surface area contributed by atoms with E-state index in [0.29, 0.717) is 19.8 Å². The lowest BCUT2D eigenvalue weighted by atomic mass is 10.0. The maximum atomic E-state index is 12.8. The maximum absolute atomic E-state index is 12.8. The monoisotopic (exact) mass is 1440 g/mol. The van der Waals surface area contributed by atoms with Gasteiger partial charge in [0.15, 0.2) is 12.2 Å². The van der Waals surface area contributed by atoms with Crippen LogP contribution in [0.1, 0.15) is 329 Å². The van der Waals surface area contributed by atoms with Gasteiger partial charge in [-0.05, 0) is 19.3 Å². The van der Waals surface area contributed by atoms with Gasteiger partial charge in [-0.1, -0.05) is 310 Å². The van der Waals surface area contributed by atoms with Gasteiger partial charge in [-0.3, -0.25) is 9.59 Å². The zero-order chi connectivity index (χ0) is 73.4. The van der Waals surface area contributed by atoms with E-state index in [-0.39, 0.29) is 65.9 Å². The van der Waals surface area contributed by atoms with Gasteiger partial charge in [0, 0.05) is 32.9 Å². The lowest BCUT2D eigenvalue weighted by molar-refractivity contribution is -0.150. The molecule has 21 heteroatoms. The van der Waals surface area contributed by atoms with Crippen LogP contribution in [0.25, 0.3) is 0 Å². The number of hydrogen-bond donors (Lipinski definition) is 12. The summed E-state index contributed by atoms with van der Waals surface area (Å²) >= 11 is 0. The molecule has 100 heavy (non-hydrogen) atoms. The lowest BCUT2D eigenvalue weighted by Gasteiger charge is -2.25. The van der Waals surface area contributed by atoms with Crippen molar-refractivity contribution in [3.63, 3.8) is 0 Å². The van der Waals surface area contributed by atoms with Gasteiger partial charge < -0.3 is 94.9 Å². The van der Waals surface area contributed by atoms with Crippen LogP contribution in [-0.2, 0) is 42.7 Å². The molecule has 12 N–H and O–H groups in total. The Morgan fingerprint density at radius 1 is 0.260 bits per heavy atom. The quantitative estimate of drug-likeness (QED) is 0.0252. The summed E-state index contributed by atoms with van der Waals surface area (Å²) in [7, 11) is 0. The van der Waals surface area contributed by atoms with Crippen molar-refractivity contribution in [3.05, 3.63) is 0 Å². The number of hydrogen-bond acceptors (Lipinski definition) is 19. The maximum Gasteiger partial charge on any atom is 0.251 e. The Bertz CT molecular complexity index is 1680. The molecule has 3 unspecified atom stereocenters. The molecule has 0 aromatic rings. The van der Waals surface area contributed by atoms with E-state index in [4.69, 9.17) is 33.2 Å². The Labute approximate surface area is 608 Å². The van der Waals surface area contributed by atoms with Crippen LogP contribution in [0, 0.1) is 0 Å². The Balaban J connectivity index is 5.91. The van der Waals surface area contributed by atoms with E-state index in [1.54, 1.807) is 0 Å². The van der Waals surface area contributed by atoms with E-state index in [2.05, 4.69) is 31.4 Å². The predicted molar refractivity (Wildman–Crippen MR) is 399 cm³/mol. The first-order valence-electron chi connectivity index (χ1n) is 41.2. The van der Waals surface area contributed by atoms with Crippen LogP contribution in [0.3, 0.4) is 0 Å². The molecule has 0 saturated heterocycles. The summed E-state index contributed by atoms with van der Waals surface area (Å²) in [6, 6.07) is 0. The highest BCUT2D eigenvalue weighted by molar-refractivity contribution is 5.81. The summed E-state index contributed by atoms with van der Waals surface area (Å²) in [5.41, 5.74) is 0. The van der Waals surface area contributed by atoms with Gasteiger partial charge in [-0.2, -0.15) is 0 Å². The number of unbranched alkanes of at least 4 members (excludes halogenated alkanes) is 45. The summed E-state index contributed by atoms with van der Waals surface area (Å²) in [6.45, 7) is 7.19. The fraction of sp³-hybridized carbons (Fsp3) is 0.975. The summed E-state index contributed by atoms with van der Waals surface area (Å²) < 4.78 is 43.8. The fourth-order valence-electron chi connectivity index (χ4n) is 12.3. The molecule has 0 bridgehead atoms. The highest BCUT2D eigenvalue weighted by Gasteiger charge is 2.35. The van der Waals surface area contributed by atoms with Crippen LogP contribution in [0.5, 0.6) is 0 Å². The number of amides is 2. The van der Waals surface area contributed by atoms with Gasteiger partial charge in [-0.15, -0.1) is 0 Å². The van der Waals surface area contributed by atoms with Gasteiger partial charge in [0.05, 0.1) is 66.1 Å². The second-order valence-electron chi connectivity index (χ2n) is 28.5. The molecule has 0 saturated carbocycles. The summed E-state index contributed by atoms with van der Waals surface area (Å²) in [5, 5.41) is 104. The molecule has 0 aliphatic carbocycles. The predicted octanol–water partition coefficient (Wildman–Crippen LogP) is 12.1. The number of aliphatic hydroxyl groups is 10. The Morgan fingerprint density at radius 3 is 0.710 bits per heavy atom. The van der Waals surface area contributed by atoms with Crippen LogP contribution < -0.4 is 10.6 Å². The van der Waals surface area contributed by atoms with Crippen molar-refractivity contribution in [1.82, 2.24) is 10.6 Å². The minimum absolute atomic E-state index is 0.0254. The number of carbonyl (C=O) groups excluding carboxylic acids is 2. The van der Waals surface area contributed by atoms with Crippen LogP contribution in [0.2, 0.25) is 0 Å². The van der Waals surface area contributed by atoms with Crippen molar-refractivity contribution in [2.75, 3.05) is 99.0 Å². The fourth-order valence-corrected chi connectivity index (χ4v) is 12.3. The number of aliphatic hydroxyl groups excluding tert-OH is 10. The third kappa shape index (κ3) is 61.4. The van der Waals surface area contributed by atoms with Crippen LogP contribution >= 0.6 is 0 Å². The summed E-state index contributed by atoms with van der Waals surface area (Å²) in [6.07, 6.45) is 43.2. The number of nitrogens with one attached hydrogen (secondary N) is 2. The zero-order valence-electron chi connectivity index (χ0n) is 64.0. The highest BCUT2D eigenvalue weighted by Crippen LogP contribution is 2.19. The first-order chi connectivity index (χ1) is 48.8. The number of ether oxygens (including phenoxy) is 7. The van der Waals surface area contributed by atoms with Crippen molar-refractivity contribution in [1.29, 1.82) is 0 Å². The molecule has 11 atom stereocenters. The van der Waals surface area contributed by atoms with Gasteiger partial charge >= 0.3 is 0 Å². The zero-order valence-corrected chi connectivity index (χ0v) is 64.0. The molecule has 21 nitrogen and oxygen atoms in total. The van der Waals surface area contributed by atoms with Gasteiger partial charge in [0.25, 0.3) is 11.8 Å². The third-order valence-corrected chi connectivity index (χ3v) is 19.0. The first kappa shape index (κ1) is 98.3. The second-order valence-corrected chi connectivity index (χ2v) is 28.5. The van der Waals surface area contributed by atoms with E-state index in [1.807, 2.05) is 0 Å². The third-order valence-electron chi connectivity index (χ3n) is 19.0. The first-order valence-corrected chi connectivity index (χ1v) is 41.2. The Hall–Kier alpha value is -1.74. The van der Waals surface area contributed by atoms with Gasteiger partial charge in [-0.25, -0.2) is 0 Å². The summed E-state index contributed by atoms with van der Waals surface area (Å²) in [4.78, 5) is 25.5. The SMILES string of the molecule is CCCCCCCCCCCCCCCCCCOCC(COCC(COCCCCCCCCCCCCCCCCCC)OCC(COCCCCCCCCCCCCCCCCCC)OCCNC(=O)[C@@H](O)[C@@H](O)[C@H](O)[C@H](O)CO)OCCNC(=O)[C@@H](O)[C@@H](O)[C@H](O)[C@H](O)CO. The van der Waals surface area contributed by atoms with E-state index in [0.717, 1.165) is 57.8 Å². The van der Waals surface area contributed by atoms with Crippen molar-refractivity contribution in [3.8, 4) is 0 Å². The average molecular weight is 1440 g/mol. The Morgan fingerprint density at radius 2 is 0.470 bits per heavy atom. The largest absolute Gasteiger partial charge is 0.394 e. The highest BCUT2D eigenvalue weighted by atomic mass is 16.6. The molecule has 0 aliphatic heterocycles. The van der Waals surface area contributed by atoms with E-state index < -0.39 is 92.2 Å². The van der Waals surface area contributed by atoms with Crippen LogP contribution in [0.15, 0.2) is 0 Å². The molecule has 0 aromatic carbocycles.